The van der Waals surface area contributed by atoms with Crippen molar-refractivity contribution in [3.63, 3.8) is 0 Å². The summed E-state index contributed by atoms with van der Waals surface area (Å²) in [7, 11) is 1.89. The second-order valence-corrected chi connectivity index (χ2v) is 10.5. The van der Waals surface area contributed by atoms with Crippen LogP contribution in [0.15, 0.2) is 42.5 Å². The molecule has 0 radical (unpaired) electrons. The van der Waals surface area contributed by atoms with Crippen molar-refractivity contribution < 1.29 is 9.53 Å². The molecule has 5 nitrogen and oxygen atoms in total. The van der Waals surface area contributed by atoms with Crippen LogP contribution in [0.25, 0.3) is 0 Å². The SMILES string of the molecule is CN(C(=O)COc1c(Cl)cc(Cl)cc1Cl)C1CCCCC1N1CCN(Cc2ccccc2)CC1. The number of hydrogen-bond acceptors (Lipinski definition) is 4. The van der Waals surface area contributed by atoms with E-state index in [0.29, 0.717) is 26.9 Å². The number of amides is 1. The van der Waals surface area contributed by atoms with E-state index in [1.54, 1.807) is 12.1 Å². The minimum atomic E-state index is -0.106. The molecule has 0 bridgehead atoms. The molecular formula is C26H32Cl3N3O2. The van der Waals surface area contributed by atoms with Crippen molar-refractivity contribution in [2.24, 2.45) is 0 Å². The predicted molar refractivity (Wildman–Crippen MR) is 139 cm³/mol. The third kappa shape index (κ3) is 6.38. The number of rotatable bonds is 7. The fourth-order valence-corrected chi connectivity index (χ4v) is 6.08. The lowest BCUT2D eigenvalue weighted by Gasteiger charge is -2.46. The number of carbonyl (C=O) groups is 1. The molecule has 2 fully saturated rings. The van der Waals surface area contributed by atoms with E-state index in [9.17, 15) is 4.79 Å². The number of ether oxygens (including phenoxy) is 1. The number of hydrogen-bond donors (Lipinski definition) is 0. The van der Waals surface area contributed by atoms with Gasteiger partial charge in [0.2, 0.25) is 0 Å². The number of carbonyl (C=O) groups excluding carboxylic acids is 1. The lowest BCUT2D eigenvalue weighted by molar-refractivity contribution is -0.136. The van der Waals surface area contributed by atoms with Gasteiger partial charge in [-0.15, -0.1) is 0 Å². The van der Waals surface area contributed by atoms with Gasteiger partial charge in [-0.05, 0) is 30.5 Å². The van der Waals surface area contributed by atoms with E-state index >= 15 is 0 Å². The molecule has 1 aliphatic heterocycles. The molecule has 0 N–H and O–H groups in total. The fourth-order valence-electron chi connectivity index (χ4n) is 5.15. The lowest BCUT2D eigenvalue weighted by atomic mass is 9.87. The van der Waals surface area contributed by atoms with Crippen LogP contribution in [0.3, 0.4) is 0 Å². The largest absolute Gasteiger partial charge is 0.481 e. The summed E-state index contributed by atoms with van der Waals surface area (Å²) in [5.41, 5.74) is 1.36. The Kier molecular flexibility index (Phi) is 9.00. The topological polar surface area (TPSA) is 36.0 Å². The smallest absolute Gasteiger partial charge is 0.260 e. The molecule has 2 aromatic rings. The maximum atomic E-state index is 13.1. The van der Waals surface area contributed by atoms with E-state index in [2.05, 4.69) is 40.1 Å². The van der Waals surface area contributed by atoms with Crippen LogP contribution in [0.1, 0.15) is 31.2 Å². The minimum Gasteiger partial charge on any atom is -0.481 e. The molecule has 184 valence electrons. The maximum absolute atomic E-state index is 13.1. The third-order valence-corrected chi connectivity index (χ3v) is 7.79. The van der Waals surface area contributed by atoms with Gasteiger partial charge in [0.25, 0.3) is 5.91 Å². The monoisotopic (exact) mass is 523 g/mol. The van der Waals surface area contributed by atoms with Gasteiger partial charge in [0.1, 0.15) is 0 Å². The highest BCUT2D eigenvalue weighted by molar-refractivity contribution is 6.40. The zero-order chi connectivity index (χ0) is 24.1. The van der Waals surface area contributed by atoms with Crippen molar-refractivity contribution in [3.8, 4) is 5.75 Å². The zero-order valence-electron chi connectivity index (χ0n) is 19.6. The van der Waals surface area contributed by atoms with Crippen LogP contribution >= 0.6 is 34.8 Å². The molecule has 1 saturated heterocycles. The van der Waals surface area contributed by atoms with Crippen LogP contribution in [0.4, 0.5) is 0 Å². The van der Waals surface area contributed by atoms with E-state index < -0.39 is 0 Å². The summed E-state index contributed by atoms with van der Waals surface area (Å²) in [6.45, 7) is 5.05. The zero-order valence-corrected chi connectivity index (χ0v) is 21.8. The average molecular weight is 525 g/mol. The summed E-state index contributed by atoms with van der Waals surface area (Å²) >= 11 is 18.4. The molecule has 8 heteroatoms. The highest BCUT2D eigenvalue weighted by Gasteiger charge is 2.36. The summed E-state index contributed by atoms with van der Waals surface area (Å²) in [5, 5.41) is 1.04. The van der Waals surface area contributed by atoms with E-state index in [1.807, 2.05) is 11.9 Å². The van der Waals surface area contributed by atoms with Gasteiger partial charge >= 0.3 is 0 Å². The fraction of sp³-hybridized carbons (Fsp3) is 0.500. The van der Waals surface area contributed by atoms with Crippen LogP contribution in [0, 0.1) is 0 Å². The quantitative estimate of drug-likeness (QED) is 0.471. The van der Waals surface area contributed by atoms with Crippen LogP contribution in [-0.2, 0) is 11.3 Å². The van der Waals surface area contributed by atoms with Crippen molar-refractivity contribution in [3.05, 3.63) is 63.1 Å². The number of likely N-dealkylation sites (N-methyl/N-ethyl adjacent to an activating group) is 1. The molecule has 1 aliphatic carbocycles. The van der Waals surface area contributed by atoms with E-state index in [1.165, 1.54) is 12.0 Å². The molecular weight excluding hydrogens is 493 g/mol. The van der Waals surface area contributed by atoms with Crippen LogP contribution in [-0.4, -0.2) is 72.5 Å². The Bertz CT molecular complexity index is 944. The van der Waals surface area contributed by atoms with Crippen molar-refractivity contribution in [1.29, 1.82) is 0 Å². The van der Waals surface area contributed by atoms with E-state index in [-0.39, 0.29) is 18.6 Å². The van der Waals surface area contributed by atoms with E-state index in [0.717, 1.165) is 52.0 Å². The van der Waals surface area contributed by atoms with Crippen molar-refractivity contribution in [2.45, 2.75) is 44.3 Å². The molecule has 34 heavy (non-hydrogen) atoms. The second-order valence-electron chi connectivity index (χ2n) is 9.21. The highest BCUT2D eigenvalue weighted by atomic mass is 35.5. The Morgan fingerprint density at radius 1 is 1.00 bits per heavy atom. The van der Waals surface area contributed by atoms with Crippen molar-refractivity contribution in [1.82, 2.24) is 14.7 Å². The van der Waals surface area contributed by atoms with Gasteiger partial charge in [0, 0.05) is 56.9 Å². The number of benzene rings is 2. The molecule has 0 spiro atoms. The Labute approximate surface area is 217 Å². The Morgan fingerprint density at radius 3 is 2.32 bits per heavy atom. The molecule has 2 atom stereocenters. The molecule has 2 aliphatic rings. The minimum absolute atomic E-state index is 0.0679. The van der Waals surface area contributed by atoms with Crippen LogP contribution in [0.5, 0.6) is 5.75 Å². The Morgan fingerprint density at radius 2 is 1.65 bits per heavy atom. The molecule has 1 saturated carbocycles. The van der Waals surface area contributed by atoms with Crippen molar-refractivity contribution >= 4 is 40.7 Å². The van der Waals surface area contributed by atoms with Gasteiger partial charge in [-0.1, -0.05) is 78.0 Å². The average Bonchev–Trinajstić information content (AvgIpc) is 2.84. The molecule has 1 heterocycles. The standard InChI is InChI=1S/C26H32Cl3N3O2/c1-30(25(33)18-34-26-21(28)15-20(27)16-22(26)29)23-9-5-6-10-24(23)32-13-11-31(12-14-32)17-19-7-3-2-4-8-19/h2-4,7-8,15-16,23-24H,5-6,9-14,17-18H2,1H3. The summed E-state index contributed by atoms with van der Waals surface area (Å²) in [6.07, 6.45) is 4.48. The van der Waals surface area contributed by atoms with E-state index in [4.69, 9.17) is 39.5 Å². The van der Waals surface area contributed by atoms with Crippen LogP contribution < -0.4 is 4.74 Å². The van der Waals surface area contributed by atoms with Crippen LogP contribution in [0.2, 0.25) is 15.1 Å². The molecule has 2 aromatic carbocycles. The number of nitrogens with zero attached hydrogens (tertiary/aromatic N) is 3. The Balaban J connectivity index is 1.33. The normalized spacial score (nSPS) is 21.9. The van der Waals surface area contributed by atoms with Gasteiger partial charge < -0.3 is 9.64 Å². The van der Waals surface area contributed by atoms with Gasteiger partial charge in [-0.3, -0.25) is 14.6 Å². The first-order valence-corrected chi connectivity index (χ1v) is 13.1. The first-order chi connectivity index (χ1) is 16.4. The first-order valence-electron chi connectivity index (χ1n) is 12.0. The summed E-state index contributed by atoms with van der Waals surface area (Å²) < 4.78 is 5.71. The number of piperazine rings is 1. The van der Waals surface area contributed by atoms with Gasteiger partial charge in [-0.25, -0.2) is 0 Å². The summed E-state index contributed by atoms with van der Waals surface area (Å²) in [6, 6.07) is 14.3. The summed E-state index contributed by atoms with van der Waals surface area (Å²) in [5.74, 6) is 0.228. The molecule has 2 unspecified atom stereocenters. The molecule has 1 amide bonds. The van der Waals surface area contributed by atoms with Gasteiger partial charge in [0.05, 0.1) is 10.0 Å². The molecule has 0 aromatic heterocycles. The van der Waals surface area contributed by atoms with Crippen molar-refractivity contribution in [2.75, 3.05) is 39.8 Å². The highest BCUT2D eigenvalue weighted by Crippen LogP contribution is 2.36. The first kappa shape index (κ1) is 25.6. The lowest BCUT2D eigenvalue weighted by Crippen LogP contribution is -2.58. The predicted octanol–water partition coefficient (Wildman–Crippen LogP) is 5.61. The maximum Gasteiger partial charge on any atom is 0.260 e. The molecule has 4 rings (SSSR count). The second kappa shape index (κ2) is 12.0. The number of halogens is 3. The van der Waals surface area contributed by atoms with Gasteiger partial charge in [0.15, 0.2) is 12.4 Å². The third-order valence-electron chi connectivity index (χ3n) is 7.01. The Hall–Kier alpha value is -1.50. The van der Waals surface area contributed by atoms with Gasteiger partial charge in [-0.2, -0.15) is 0 Å². The summed E-state index contributed by atoms with van der Waals surface area (Å²) in [4.78, 5) is 20.0.